The Morgan fingerprint density at radius 1 is 1.52 bits per heavy atom. The van der Waals surface area contributed by atoms with Crippen LogP contribution in [0.15, 0.2) is 17.4 Å². The maximum atomic E-state index is 10.6. The molecule has 0 aromatic carbocycles. The minimum Gasteiger partial charge on any atom is -0.355 e. The van der Waals surface area contributed by atoms with Gasteiger partial charge in [0.15, 0.2) is 5.96 Å². The predicted molar refractivity (Wildman–Crippen MR) is 91.5 cm³/mol. The van der Waals surface area contributed by atoms with Gasteiger partial charge in [0.25, 0.3) is 0 Å². The van der Waals surface area contributed by atoms with E-state index in [9.17, 15) is 10.1 Å². The zero-order valence-corrected chi connectivity index (χ0v) is 14.7. The first-order valence-corrected chi connectivity index (χ1v) is 7.85. The van der Waals surface area contributed by atoms with Gasteiger partial charge in [-0.1, -0.05) is 20.8 Å². The molecule has 0 saturated heterocycles. The lowest BCUT2D eigenvalue weighted by Gasteiger charge is -2.23. The first-order chi connectivity index (χ1) is 10.7. The predicted octanol–water partition coefficient (Wildman–Crippen LogP) is 2.17. The number of hydrogen-bond donors (Lipinski definition) is 2. The van der Waals surface area contributed by atoms with Crippen LogP contribution < -0.4 is 10.6 Å². The Balaban J connectivity index is 2.34. The molecule has 0 saturated carbocycles. The normalized spacial score (nSPS) is 13.7. The van der Waals surface area contributed by atoms with E-state index in [-0.39, 0.29) is 5.69 Å². The highest BCUT2D eigenvalue weighted by Gasteiger charge is 2.13. The molecule has 0 amide bonds. The number of hydrogen-bond acceptors (Lipinski definition) is 4. The van der Waals surface area contributed by atoms with Crippen molar-refractivity contribution in [2.45, 2.75) is 53.1 Å². The molecule has 0 bridgehead atoms. The molecule has 1 aromatic rings. The molecule has 1 atom stereocenters. The maximum Gasteiger partial charge on any atom is 0.306 e. The third-order valence-electron chi connectivity index (χ3n) is 3.40. The van der Waals surface area contributed by atoms with Crippen molar-refractivity contribution >= 4 is 11.6 Å². The van der Waals surface area contributed by atoms with E-state index in [0.29, 0.717) is 24.5 Å². The van der Waals surface area contributed by atoms with Crippen molar-refractivity contribution in [2.24, 2.45) is 10.4 Å². The fraction of sp³-hybridized carbons (Fsp3) is 0.733. The van der Waals surface area contributed by atoms with Crippen molar-refractivity contribution in [2.75, 3.05) is 13.6 Å². The van der Waals surface area contributed by atoms with E-state index >= 15 is 0 Å². The van der Waals surface area contributed by atoms with Crippen LogP contribution in [0.4, 0.5) is 5.69 Å². The fourth-order valence-electron chi connectivity index (χ4n) is 2.01. The molecular formula is C15H28N6O2. The number of guanidine groups is 1. The third-order valence-corrected chi connectivity index (χ3v) is 3.40. The second-order valence-corrected chi connectivity index (χ2v) is 6.86. The highest BCUT2D eigenvalue weighted by molar-refractivity contribution is 5.79. The lowest BCUT2D eigenvalue weighted by atomic mass is 9.89. The van der Waals surface area contributed by atoms with E-state index in [1.165, 1.54) is 12.4 Å². The number of nitro groups is 1. The summed E-state index contributed by atoms with van der Waals surface area (Å²) in [4.78, 5) is 14.3. The second-order valence-electron chi connectivity index (χ2n) is 6.86. The molecule has 1 unspecified atom stereocenters. The Kier molecular flexibility index (Phi) is 6.99. The van der Waals surface area contributed by atoms with Crippen LogP contribution in [0.25, 0.3) is 0 Å². The van der Waals surface area contributed by atoms with Gasteiger partial charge in [-0.05, 0) is 25.2 Å². The highest BCUT2D eigenvalue weighted by atomic mass is 16.6. The van der Waals surface area contributed by atoms with Gasteiger partial charge in [0.05, 0.1) is 11.5 Å². The van der Waals surface area contributed by atoms with Crippen molar-refractivity contribution < 1.29 is 4.92 Å². The lowest BCUT2D eigenvalue weighted by molar-refractivity contribution is -0.385. The zero-order valence-electron chi connectivity index (χ0n) is 14.7. The van der Waals surface area contributed by atoms with Gasteiger partial charge in [0.2, 0.25) is 0 Å². The minimum atomic E-state index is -0.450. The average Bonchev–Trinajstić information content (AvgIpc) is 2.92. The summed E-state index contributed by atoms with van der Waals surface area (Å²) in [5.41, 5.74) is 0.324. The molecule has 8 nitrogen and oxygen atoms in total. The maximum absolute atomic E-state index is 10.6. The largest absolute Gasteiger partial charge is 0.355 e. The molecule has 0 aliphatic heterocycles. The zero-order chi connectivity index (χ0) is 17.5. The summed E-state index contributed by atoms with van der Waals surface area (Å²) in [6.45, 7) is 9.95. The van der Waals surface area contributed by atoms with Gasteiger partial charge in [-0.25, -0.2) is 0 Å². The van der Waals surface area contributed by atoms with Crippen molar-refractivity contribution in [3.05, 3.63) is 22.5 Å². The Morgan fingerprint density at radius 3 is 2.74 bits per heavy atom. The summed E-state index contributed by atoms with van der Waals surface area (Å²) in [6.07, 6.45) is 4.87. The van der Waals surface area contributed by atoms with Gasteiger partial charge in [-0.3, -0.25) is 19.8 Å². The molecule has 130 valence electrons. The van der Waals surface area contributed by atoms with Crippen molar-refractivity contribution in [3.63, 3.8) is 0 Å². The molecule has 23 heavy (non-hydrogen) atoms. The smallest absolute Gasteiger partial charge is 0.306 e. The van der Waals surface area contributed by atoms with Crippen LogP contribution >= 0.6 is 0 Å². The second kappa shape index (κ2) is 8.50. The minimum absolute atomic E-state index is 0.00306. The van der Waals surface area contributed by atoms with E-state index < -0.39 is 4.92 Å². The monoisotopic (exact) mass is 324 g/mol. The average molecular weight is 324 g/mol. The van der Waals surface area contributed by atoms with E-state index in [1.54, 1.807) is 11.7 Å². The first kappa shape index (κ1) is 18.9. The molecule has 0 spiro atoms. The van der Waals surface area contributed by atoms with Gasteiger partial charge in [-0.2, -0.15) is 5.10 Å². The summed E-state index contributed by atoms with van der Waals surface area (Å²) in [7, 11) is 1.73. The van der Waals surface area contributed by atoms with E-state index in [2.05, 4.69) is 48.4 Å². The molecule has 0 aliphatic rings. The number of aromatic nitrogens is 2. The van der Waals surface area contributed by atoms with Crippen LogP contribution in [0.3, 0.4) is 0 Å². The topological polar surface area (TPSA) is 97.4 Å². The van der Waals surface area contributed by atoms with Crippen molar-refractivity contribution in [3.8, 4) is 0 Å². The molecule has 2 N–H and O–H groups in total. The summed E-state index contributed by atoms with van der Waals surface area (Å²) < 4.78 is 1.54. The molecule has 0 fully saturated rings. The van der Waals surface area contributed by atoms with E-state index in [1.807, 2.05) is 0 Å². The van der Waals surface area contributed by atoms with Crippen molar-refractivity contribution in [1.82, 2.24) is 20.4 Å². The highest BCUT2D eigenvalue weighted by Crippen LogP contribution is 2.21. The first-order valence-electron chi connectivity index (χ1n) is 7.85. The van der Waals surface area contributed by atoms with Gasteiger partial charge in [0.1, 0.15) is 12.4 Å². The summed E-state index contributed by atoms with van der Waals surface area (Å²) >= 11 is 0. The SMILES string of the molecule is CN=C(NCCn1cc([N+](=O)[O-])cn1)NC(C)CCC(C)(C)C. The van der Waals surface area contributed by atoms with Crippen molar-refractivity contribution in [1.29, 1.82) is 0 Å². The third kappa shape index (κ3) is 7.62. The molecular weight excluding hydrogens is 296 g/mol. The Hall–Kier alpha value is -2.12. The molecule has 0 radical (unpaired) electrons. The van der Waals surface area contributed by atoms with Crippen LogP contribution in [0.5, 0.6) is 0 Å². The summed E-state index contributed by atoms with van der Waals surface area (Å²) in [5.74, 6) is 0.730. The van der Waals surface area contributed by atoms with Crippen LogP contribution in [0, 0.1) is 15.5 Å². The standard InChI is InChI=1S/C15H28N6O2/c1-12(6-7-15(2,3)4)19-14(16-5)17-8-9-20-11-13(10-18-20)21(22)23/h10-12H,6-9H2,1-5H3,(H2,16,17,19). The van der Waals surface area contributed by atoms with Crippen LogP contribution in [0.2, 0.25) is 0 Å². The fourth-order valence-corrected chi connectivity index (χ4v) is 2.01. The molecule has 0 aliphatic carbocycles. The quantitative estimate of drug-likeness (QED) is 0.347. The summed E-state index contributed by atoms with van der Waals surface area (Å²) in [5, 5.41) is 21.1. The molecule has 1 heterocycles. The number of rotatable bonds is 7. The van der Waals surface area contributed by atoms with E-state index in [0.717, 1.165) is 18.8 Å². The number of nitrogens with one attached hydrogen (secondary N) is 2. The van der Waals surface area contributed by atoms with Gasteiger partial charge >= 0.3 is 5.69 Å². The number of nitrogens with zero attached hydrogens (tertiary/aromatic N) is 4. The molecule has 1 rings (SSSR count). The van der Waals surface area contributed by atoms with E-state index in [4.69, 9.17) is 0 Å². The van der Waals surface area contributed by atoms with Gasteiger partial charge < -0.3 is 10.6 Å². The van der Waals surface area contributed by atoms with Crippen LogP contribution in [-0.4, -0.2) is 40.3 Å². The molecule has 8 heteroatoms. The molecule has 1 aromatic heterocycles. The summed E-state index contributed by atoms with van der Waals surface area (Å²) in [6, 6.07) is 0.325. The Labute approximate surface area is 137 Å². The lowest BCUT2D eigenvalue weighted by Crippen LogP contribution is -2.43. The Bertz CT molecular complexity index is 532. The number of aliphatic imine (C=N–C) groups is 1. The van der Waals surface area contributed by atoms with Crippen LogP contribution in [0.1, 0.15) is 40.5 Å². The Morgan fingerprint density at radius 2 is 2.22 bits per heavy atom. The van der Waals surface area contributed by atoms with Crippen LogP contribution in [-0.2, 0) is 6.54 Å². The van der Waals surface area contributed by atoms with Gasteiger partial charge in [0, 0.05) is 19.6 Å². The van der Waals surface area contributed by atoms with Gasteiger partial charge in [-0.15, -0.1) is 0 Å².